The van der Waals surface area contributed by atoms with E-state index in [0.29, 0.717) is 19.4 Å². The average Bonchev–Trinajstić information content (AvgIpc) is 2.57. The van der Waals surface area contributed by atoms with Crippen LogP contribution in [0.3, 0.4) is 0 Å². The predicted octanol–water partition coefficient (Wildman–Crippen LogP) is 1.59. The topological polar surface area (TPSA) is 68.0 Å². The van der Waals surface area contributed by atoms with Gasteiger partial charge in [-0.15, -0.1) is 11.3 Å². The lowest BCUT2D eigenvalue weighted by molar-refractivity contribution is -0.121. The highest BCUT2D eigenvalue weighted by atomic mass is 32.1. The highest BCUT2D eigenvalue weighted by Gasteiger charge is 2.13. The van der Waals surface area contributed by atoms with Gasteiger partial charge in [-0.3, -0.25) is 4.79 Å². The molecule has 0 spiro atoms. The fraction of sp³-hybridized carbons (Fsp3) is 0.636. The van der Waals surface area contributed by atoms with E-state index in [9.17, 15) is 4.79 Å². The van der Waals surface area contributed by atoms with Gasteiger partial charge in [-0.05, 0) is 27.2 Å². The smallest absolute Gasteiger partial charge is 0.220 e. The Morgan fingerprint density at radius 3 is 2.81 bits per heavy atom. The Labute approximate surface area is 100 Å². The second kappa shape index (κ2) is 5.41. The van der Waals surface area contributed by atoms with E-state index >= 15 is 0 Å². The van der Waals surface area contributed by atoms with Crippen molar-refractivity contribution in [2.75, 3.05) is 0 Å². The summed E-state index contributed by atoms with van der Waals surface area (Å²) < 4.78 is 0. The van der Waals surface area contributed by atoms with Crippen molar-refractivity contribution in [2.24, 2.45) is 5.73 Å². The molecule has 0 saturated carbocycles. The van der Waals surface area contributed by atoms with Gasteiger partial charge in [-0.25, -0.2) is 4.98 Å². The van der Waals surface area contributed by atoms with Gasteiger partial charge in [-0.1, -0.05) is 0 Å². The molecular formula is C11H19N3OS. The van der Waals surface area contributed by atoms with Crippen LogP contribution in [0.15, 0.2) is 6.20 Å². The number of rotatable bonds is 5. The molecule has 0 radical (unpaired) electrons. The highest BCUT2D eigenvalue weighted by molar-refractivity contribution is 7.11. The molecular weight excluding hydrogens is 222 g/mol. The third-order valence-electron chi connectivity index (χ3n) is 2.10. The lowest BCUT2D eigenvalue weighted by atomic mass is 10.00. The van der Waals surface area contributed by atoms with Gasteiger partial charge < -0.3 is 11.1 Å². The number of hydrogen-bond acceptors (Lipinski definition) is 4. The number of nitrogens with zero attached hydrogens (tertiary/aromatic N) is 1. The van der Waals surface area contributed by atoms with Crippen LogP contribution >= 0.6 is 11.3 Å². The van der Waals surface area contributed by atoms with E-state index in [4.69, 9.17) is 5.73 Å². The van der Waals surface area contributed by atoms with E-state index in [0.717, 1.165) is 9.88 Å². The Kier molecular flexibility index (Phi) is 4.44. The van der Waals surface area contributed by atoms with Gasteiger partial charge in [0.15, 0.2) is 0 Å². The minimum Gasteiger partial charge on any atom is -0.350 e. The molecule has 0 aliphatic heterocycles. The van der Waals surface area contributed by atoms with Gasteiger partial charge in [0.25, 0.3) is 0 Å². The minimum absolute atomic E-state index is 0.0337. The van der Waals surface area contributed by atoms with Crippen molar-refractivity contribution in [1.82, 2.24) is 10.3 Å². The van der Waals surface area contributed by atoms with Gasteiger partial charge in [0.05, 0.1) is 6.54 Å². The van der Waals surface area contributed by atoms with Gasteiger partial charge >= 0.3 is 0 Å². The molecule has 1 aromatic heterocycles. The van der Waals surface area contributed by atoms with Crippen LogP contribution in [0.2, 0.25) is 0 Å². The van der Waals surface area contributed by atoms with Crippen molar-refractivity contribution in [1.29, 1.82) is 0 Å². The second-order valence-electron chi connectivity index (χ2n) is 4.63. The molecule has 0 atom stereocenters. The maximum absolute atomic E-state index is 11.5. The number of nitrogens with one attached hydrogen (secondary N) is 1. The molecule has 0 aliphatic carbocycles. The third-order valence-corrected chi connectivity index (χ3v) is 3.02. The summed E-state index contributed by atoms with van der Waals surface area (Å²) in [6.07, 6.45) is 2.97. The van der Waals surface area contributed by atoms with E-state index in [-0.39, 0.29) is 11.4 Å². The first-order chi connectivity index (χ1) is 7.37. The van der Waals surface area contributed by atoms with Crippen LogP contribution < -0.4 is 11.1 Å². The average molecular weight is 241 g/mol. The number of hydrogen-bond donors (Lipinski definition) is 2. The van der Waals surface area contributed by atoms with Crippen molar-refractivity contribution < 1.29 is 4.79 Å². The maximum Gasteiger partial charge on any atom is 0.220 e. The largest absolute Gasteiger partial charge is 0.350 e. The lowest BCUT2D eigenvalue weighted by Crippen LogP contribution is -2.34. The molecule has 0 fully saturated rings. The Bertz CT molecular complexity index is 354. The molecule has 16 heavy (non-hydrogen) atoms. The van der Waals surface area contributed by atoms with E-state index in [1.54, 1.807) is 11.3 Å². The summed E-state index contributed by atoms with van der Waals surface area (Å²) >= 11 is 1.60. The summed E-state index contributed by atoms with van der Waals surface area (Å²) in [5, 5.41) is 3.78. The first-order valence-corrected chi connectivity index (χ1v) is 6.15. The number of carbonyl (C=O) groups excluding carboxylic acids is 1. The van der Waals surface area contributed by atoms with E-state index in [1.165, 1.54) is 0 Å². The molecule has 0 unspecified atom stereocenters. The first-order valence-electron chi connectivity index (χ1n) is 5.34. The normalized spacial score (nSPS) is 11.5. The van der Waals surface area contributed by atoms with Crippen molar-refractivity contribution in [3.63, 3.8) is 0 Å². The number of thiazole rings is 1. The summed E-state index contributed by atoms with van der Waals surface area (Å²) in [6, 6.07) is 0. The molecule has 90 valence electrons. The zero-order valence-corrected chi connectivity index (χ0v) is 10.9. The predicted molar refractivity (Wildman–Crippen MR) is 66.2 cm³/mol. The summed E-state index contributed by atoms with van der Waals surface area (Å²) in [6.45, 7) is 6.36. The molecule has 1 amide bonds. The molecule has 1 rings (SSSR count). The first kappa shape index (κ1) is 13.1. The van der Waals surface area contributed by atoms with Crippen LogP contribution in [-0.4, -0.2) is 16.4 Å². The van der Waals surface area contributed by atoms with Gasteiger partial charge in [-0.2, -0.15) is 0 Å². The Hall–Kier alpha value is -0.940. The zero-order chi connectivity index (χ0) is 12.2. The molecule has 1 heterocycles. The van der Waals surface area contributed by atoms with Crippen molar-refractivity contribution >= 4 is 17.2 Å². The molecule has 0 bridgehead atoms. The molecule has 0 aromatic carbocycles. The quantitative estimate of drug-likeness (QED) is 0.822. The third kappa shape index (κ3) is 5.23. The van der Waals surface area contributed by atoms with Gasteiger partial charge in [0, 0.05) is 23.0 Å². The SMILES string of the molecule is Cc1cnc(CNC(=O)CCC(C)(C)N)s1. The van der Waals surface area contributed by atoms with E-state index in [2.05, 4.69) is 10.3 Å². The Morgan fingerprint density at radius 2 is 2.31 bits per heavy atom. The molecule has 0 aliphatic rings. The molecule has 4 nitrogen and oxygen atoms in total. The maximum atomic E-state index is 11.5. The molecule has 0 saturated heterocycles. The standard InChI is InChI=1S/C11H19N3OS/c1-8-6-14-10(16-8)7-13-9(15)4-5-11(2,3)12/h6H,4-5,7,12H2,1-3H3,(H,13,15). The summed E-state index contributed by atoms with van der Waals surface area (Å²) in [5.41, 5.74) is 5.52. The molecule has 3 N–H and O–H groups in total. The fourth-order valence-electron chi connectivity index (χ4n) is 1.18. The van der Waals surface area contributed by atoms with Crippen LogP contribution in [0.1, 0.15) is 36.6 Å². The van der Waals surface area contributed by atoms with Crippen LogP contribution in [0, 0.1) is 6.92 Å². The van der Waals surface area contributed by atoms with Crippen LogP contribution in [0.4, 0.5) is 0 Å². The summed E-state index contributed by atoms with van der Waals surface area (Å²) in [5.74, 6) is 0.0337. The van der Waals surface area contributed by atoms with E-state index < -0.39 is 0 Å². The fourth-order valence-corrected chi connectivity index (χ4v) is 1.91. The van der Waals surface area contributed by atoms with Crippen molar-refractivity contribution in [3.8, 4) is 0 Å². The van der Waals surface area contributed by atoms with Gasteiger partial charge in [0.2, 0.25) is 5.91 Å². The summed E-state index contributed by atoms with van der Waals surface area (Å²) in [4.78, 5) is 16.8. The second-order valence-corrected chi connectivity index (χ2v) is 5.95. The van der Waals surface area contributed by atoms with Crippen molar-refractivity contribution in [2.45, 2.75) is 45.7 Å². The van der Waals surface area contributed by atoms with Gasteiger partial charge in [0.1, 0.15) is 5.01 Å². The monoisotopic (exact) mass is 241 g/mol. The zero-order valence-electron chi connectivity index (χ0n) is 10.0. The van der Waals surface area contributed by atoms with Crippen LogP contribution in [0.25, 0.3) is 0 Å². The lowest BCUT2D eigenvalue weighted by Gasteiger charge is -2.17. The van der Waals surface area contributed by atoms with Crippen LogP contribution in [-0.2, 0) is 11.3 Å². The number of amides is 1. The minimum atomic E-state index is -0.283. The molecule has 5 heteroatoms. The highest BCUT2D eigenvalue weighted by Crippen LogP contribution is 2.11. The number of aryl methyl sites for hydroxylation is 1. The number of aromatic nitrogens is 1. The summed E-state index contributed by atoms with van der Waals surface area (Å²) in [7, 11) is 0. The number of carbonyl (C=O) groups is 1. The Morgan fingerprint density at radius 1 is 1.62 bits per heavy atom. The van der Waals surface area contributed by atoms with E-state index in [1.807, 2.05) is 27.0 Å². The molecule has 1 aromatic rings. The number of nitrogens with two attached hydrogens (primary N) is 1. The Balaban J connectivity index is 2.25. The van der Waals surface area contributed by atoms with Crippen molar-refractivity contribution in [3.05, 3.63) is 16.1 Å². The van der Waals surface area contributed by atoms with Crippen LogP contribution in [0.5, 0.6) is 0 Å².